The highest BCUT2D eigenvalue weighted by Gasteiger charge is 2.18. The molecule has 5 heteroatoms. The van der Waals surface area contributed by atoms with Gasteiger partial charge in [-0.25, -0.2) is 9.97 Å². The van der Waals surface area contributed by atoms with Crippen LogP contribution in [0.1, 0.15) is 12.6 Å². The molecular weight excluding hydrogens is 282 g/mol. The number of thioether (sulfide) groups is 1. The minimum absolute atomic E-state index is 0.517. The highest BCUT2D eigenvalue weighted by atomic mass is 32.2. The van der Waals surface area contributed by atoms with Crippen molar-refractivity contribution in [3.63, 3.8) is 0 Å². The Labute approximate surface area is 129 Å². The predicted molar refractivity (Wildman–Crippen MR) is 86.9 cm³/mol. The van der Waals surface area contributed by atoms with Crippen LogP contribution in [0.2, 0.25) is 0 Å². The third-order valence-corrected chi connectivity index (χ3v) is 4.87. The van der Waals surface area contributed by atoms with Gasteiger partial charge in [0.1, 0.15) is 5.03 Å². The topological polar surface area (TPSA) is 38.2 Å². The van der Waals surface area contributed by atoms with E-state index in [4.69, 9.17) is 9.72 Å². The van der Waals surface area contributed by atoms with Crippen molar-refractivity contribution in [1.29, 1.82) is 0 Å². The predicted octanol–water partition coefficient (Wildman–Crippen LogP) is 2.75. The van der Waals surface area contributed by atoms with E-state index in [0.717, 1.165) is 53.8 Å². The molecule has 1 saturated heterocycles. The molecule has 0 spiro atoms. The van der Waals surface area contributed by atoms with Crippen molar-refractivity contribution >= 4 is 22.8 Å². The Morgan fingerprint density at radius 2 is 2.05 bits per heavy atom. The quantitative estimate of drug-likeness (QED) is 0.812. The molecule has 0 amide bonds. The molecule has 1 aliphatic rings. The molecular formula is C16H21N3OS. The van der Waals surface area contributed by atoms with Gasteiger partial charge in [-0.05, 0) is 26.0 Å². The minimum Gasteiger partial charge on any atom is -0.379 e. The number of ether oxygens (including phenoxy) is 1. The number of aromatic nitrogens is 2. The number of para-hydroxylation sites is 2. The van der Waals surface area contributed by atoms with Crippen LogP contribution in [0.25, 0.3) is 11.0 Å². The van der Waals surface area contributed by atoms with Crippen LogP contribution in [0.15, 0.2) is 29.3 Å². The number of fused-ring (bicyclic) bond motifs is 1. The minimum atomic E-state index is 0.517. The average molecular weight is 303 g/mol. The average Bonchev–Trinajstić information content (AvgIpc) is 2.49. The van der Waals surface area contributed by atoms with E-state index < -0.39 is 0 Å². The molecule has 0 unspecified atom stereocenters. The van der Waals surface area contributed by atoms with Crippen LogP contribution in [-0.2, 0) is 4.74 Å². The Bertz CT molecular complexity index is 619. The monoisotopic (exact) mass is 303 g/mol. The molecule has 1 atom stereocenters. The van der Waals surface area contributed by atoms with E-state index in [9.17, 15) is 0 Å². The zero-order valence-corrected chi connectivity index (χ0v) is 13.4. The van der Waals surface area contributed by atoms with E-state index in [2.05, 4.69) is 16.8 Å². The van der Waals surface area contributed by atoms with E-state index in [1.807, 2.05) is 31.2 Å². The Hall–Kier alpha value is -1.17. The maximum Gasteiger partial charge on any atom is 0.118 e. The van der Waals surface area contributed by atoms with E-state index in [1.165, 1.54) is 0 Å². The van der Waals surface area contributed by atoms with Gasteiger partial charge in [-0.1, -0.05) is 12.1 Å². The second-order valence-electron chi connectivity index (χ2n) is 5.41. The van der Waals surface area contributed by atoms with Crippen LogP contribution < -0.4 is 0 Å². The van der Waals surface area contributed by atoms with Crippen LogP contribution >= 0.6 is 11.8 Å². The second-order valence-corrected chi connectivity index (χ2v) is 6.49. The largest absolute Gasteiger partial charge is 0.379 e. The highest BCUT2D eigenvalue weighted by molar-refractivity contribution is 7.99. The van der Waals surface area contributed by atoms with Gasteiger partial charge in [-0.15, -0.1) is 11.8 Å². The van der Waals surface area contributed by atoms with Gasteiger partial charge in [0.25, 0.3) is 0 Å². The fourth-order valence-corrected chi connectivity index (χ4v) is 3.50. The number of hydrogen-bond donors (Lipinski definition) is 0. The molecule has 0 saturated carbocycles. The fourth-order valence-electron chi connectivity index (χ4n) is 2.56. The third kappa shape index (κ3) is 3.54. The summed E-state index contributed by atoms with van der Waals surface area (Å²) in [6, 6.07) is 8.57. The van der Waals surface area contributed by atoms with E-state index in [0.29, 0.717) is 6.04 Å². The molecule has 1 aliphatic heterocycles. The zero-order chi connectivity index (χ0) is 14.7. The van der Waals surface area contributed by atoms with E-state index >= 15 is 0 Å². The van der Waals surface area contributed by atoms with Crippen molar-refractivity contribution in [2.75, 3.05) is 32.1 Å². The van der Waals surface area contributed by atoms with Gasteiger partial charge in [-0.3, -0.25) is 4.90 Å². The number of morpholine rings is 1. The molecule has 0 N–H and O–H groups in total. The molecule has 0 radical (unpaired) electrons. The van der Waals surface area contributed by atoms with Crippen molar-refractivity contribution in [3.05, 3.63) is 30.0 Å². The smallest absolute Gasteiger partial charge is 0.118 e. The highest BCUT2D eigenvalue weighted by Crippen LogP contribution is 2.22. The lowest BCUT2D eigenvalue weighted by atomic mass is 10.2. The van der Waals surface area contributed by atoms with Crippen molar-refractivity contribution in [2.45, 2.75) is 24.9 Å². The summed E-state index contributed by atoms with van der Waals surface area (Å²) in [5.41, 5.74) is 2.97. The number of hydrogen-bond acceptors (Lipinski definition) is 5. The van der Waals surface area contributed by atoms with Crippen LogP contribution in [0.4, 0.5) is 0 Å². The second kappa shape index (κ2) is 6.73. The summed E-state index contributed by atoms with van der Waals surface area (Å²) in [6.45, 7) is 8.07. The lowest BCUT2D eigenvalue weighted by Gasteiger charge is -2.32. The Kier molecular flexibility index (Phi) is 4.73. The maximum atomic E-state index is 5.47. The lowest BCUT2D eigenvalue weighted by molar-refractivity contribution is 0.00298. The standard InChI is InChI=1S/C16H21N3OS/c1-12-11-20-9-7-19(12)8-10-21-16-13(2)17-14-5-3-4-6-15(14)18-16/h3-6,12H,7-11H2,1-2H3/t12-/m1/s1. The molecule has 0 bridgehead atoms. The molecule has 1 aromatic carbocycles. The third-order valence-electron chi connectivity index (χ3n) is 3.82. The van der Waals surface area contributed by atoms with Crippen LogP contribution in [0, 0.1) is 6.92 Å². The van der Waals surface area contributed by atoms with Crippen molar-refractivity contribution in [1.82, 2.24) is 14.9 Å². The Morgan fingerprint density at radius 1 is 1.29 bits per heavy atom. The summed E-state index contributed by atoms with van der Waals surface area (Å²) in [4.78, 5) is 11.9. The van der Waals surface area contributed by atoms with Crippen LogP contribution in [0.5, 0.6) is 0 Å². The Balaban J connectivity index is 1.63. The van der Waals surface area contributed by atoms with E-state index in [1.54, 1.807) is 11.8 Å². The van der Waals surface area contributed by atoms with Gasteiger partial charge in [0.05, 0.1) is 29.9 Å². The number of nitrogens with zero attached hydrogens (tertiary/aromatic N) is 3. The number of rotatable bonds is 4. The van der Waals surface area contributed by atoms with Crippen molar-refractivity contribution in [3.8, 4) is 0 Å². The fraction of sp³-hybridized carbons (Fsp3) is 0.500. The summed E-state index contributed by atoms with van der Waals surface area (Å²) < 4.78 is 5.47. The first kappa shape index (κ1) is 14.8. The van der Waals surface area contributed by atoms with Crippen molar-refractivity contribution < 1.29 is 4.74 Å². The maximum absolute atomic E-state index is 5.47. The van der Waals surface area contributed by atoms with Gasteiger partial charge in [-0.2, -0.15) is 0 Å². The van der Waals surface area contributed by atoms with Gasteiger partial charge >= 0.3 is 0 Å². The number of benzene rings is 1. The van der Waals surface area contributed by atoms with E-state index in [-0.39, 0.29) is 0 Å². The first-order chi connectivity index (χ1) is 10.2. The van der Waals surface area contributed by atoms with Gasteiger partial charge in [0.15, 0.2) is 0 Å². The summed E-state index contributed by atoms with van der Waals surface area (Å²) in [5, 5.41) is 1.05. The summed E-state index contributed by atoms with van der Waals surface area (Å²) in [5.74, 6) is 1.04. The van der Waals surface area contributed by atoms with Crippen molar-refractivity contribution in [2.24, 2.45) is 0 Å². The zero-order valence-electron chi connectivity index (χ0n) is 12.6. The Morgan fingerprint density at radius 3 is 2.81 bits per heavy atom. The van der Waals surface area contributed by atoms with Gasteiger partial charge in [0, 0.05) is 24.9 Å². The van der Waals surface area contributed by atoms with Crippen LogP contribution in [-0.4, -0.2) is 53.0 Å². The molecule has 2 heterocycles. The molecule has 3 rings (SSSR count). The lowest BCUT2D eigenvalue weighted by Crippen LogP contribution is -2.44. The van der Waals surface area contributed by atoms with Crippen LogP contribution in [0.3, 0.4) is 0 Å². The first-order valence-electron chi connectivity index (χ1n) is 7.42. The molecule has 112 valence electrons. The number of aryl methyl sites for hydroxylation is 1. The molecule has 1 aromatic heterocycles. The van der Waals surface area contributed by atoms with Gasteiger partial charge < -0.3 is 4.74 Å². The molecule has 4 nitrogen and oxygen atoms in total. The molecule has 0 aliphatic carbocycles. The molecule has 2 aromatic rings. The normalized spacial score (nSPS) is 20.0. The first-order valence-corrected chi connectivity index (χ1v) is 8.40. The molecule has 1 fully saturated rings. The summed E-state index contributed by atoms with van der Waals surface area (Å²) in [7, 11) is 0. The summed E-state index contributed by atoms with van der Waals surface area (Å²) in [6.07, 6.45) is 0. The SMILES string of the molecule is Cc1nc2ccccc2nc1SCCN1CCOC[C@H]1C. The summed E-state index contributed by atoms with van der Waals surface area (Å²) >= 11 is 1.80. The van der Waals surface area contributed by atoms with Gasteiger partial charge in [0.2, 0.25) is 0 Å². The molecule has 21 heavy (non-hydrogen) atoms.